The molecule has 0 saturated carbocycles. The Morgan fingerprint density at radius 3 is 2.95 bits per heavy atom. The van der Waals surface area contributed by atoms with Crippen molar-refractivity contribution in [2.75, 3.05) is 0 Å². The van der Waals surface area contributed by atoms with E-state index in [2.05, 4.69) is 38.1 Å². The summed E-state index contributed by atoms with van der Waals surface area (Å²) >= 11 is 4.96. The van der Waals surface area contributed by atoms with Crippen LogP contribution in [0.1, 0.15) is 15.2 Å². The molecule has 0 fully saturated rings. The first-order valence-electron chi connectivity index (χ1n) is 6.01. The number of halogens is 1. The number of hydrogen-bond acceptors (Lipinski definition) is 3. The van der Waals surface area contributed by atoms with E-state index in [-0.39, 0.29) is 5.91 Å². The van der Waals surface area contributed by atoms with E-state index in [0.29, 0.717) is 11.4 Å². The first kappa shape index (κ1) is 13.4. The van der Waals surface area contributed by atoms with Crippen molar-refractivity contribution >= 4 is 44.1 Å². The molecule has 20 heavy (non-hydrogen) atoms. The van der Waals surface area contributed by atoms with Crippen molar-refractivity contribution in [3.05, 3.63) is 56.8 Å². The number of rotatable bonds is 3. The first-order chi connectivity index (χ1) is 9.70. The average Bonchev–Trinajstić information content (AvgIpc) is 3.05. The van der Waals surface area contributed by atoms with Crippen LogP contribution in [0.15, 0.2) is 46.4 Å². The molecule has 0 aliphatic carbocycles. The van der Waals surface area contributed by atoms with Gasteiger partial charge in [0.25, 0.3) is 5.91 Å². The van der Waals surface area contributed by atoms with E-state index in [1.54, 1.807) is 0 Å². The van der Waals surface area contributed by atoms with Crippen molar-refractivity contribution in [1.82, 2.24) is 9.99 Å². The predicted molar refractivity (Wildman–Crippen MR) is 84.7 cm³/mol. The molecule has 0 unspecified atom stereocenters. The molecule has 0 bridgehead atoms. The summed E-state index contributed by atoms with van der Waals surface area (Å²) in [5.74, 6) is 4.97. The summed E-state index contributed by atoms with van der Waals surface area (Å²) in [6, 6.07) is 10.1. The summed E-state index contributed by atoms with van der Waals surface area (Å²) in [4.78, 5) is 12.4. The lowest BCUT2D eigenvalue weighted by atomic mass is 10.2. The fourth-order valence-electron chi connectivity index (χ4n) is 2.24. The Balaban J connectivity index is 2.02. The van der Waals surface area contributed by atoms with Crippen molar-refractivity contribution in [3.63, 3.8) is 0 Å². The Labute approximate surface area is 128 Å². The van der Waals surface area contributed by atoms with Crippen LogP contribution in [0.5, 0.6) is 0 Å². The lowest BCUT2D eigenvalue weighted by Crippen LogP contribution is -2.30. The monoisotopic (exact) mass is 349 g/mol. The minimum atomic E-state index is -0.245. The summed E-state index contributed by atoms with van der Waals surface area (Å²) in [5.41, 5.74) is 4.28. The summed E-state index contributed by atoms with van der Waals surface area (Å²) in [7, 11) is 0. The van der Waals surface area contributed by atoms with Crippen molar-refractivity contribution in [1.29, 1.82) is 0 Å². The molecule has 0 spiro atoms. The second kappa shape index (κ2) is 5.40. The van der Waals surface area contributed by atoms with Gasteiger partial charge in [-0.25, -0.2) is 5.84 Å². The van der Waals surface area contributed by atoms with Crippen LogP contribution in [0.25, 0.3) is 10.9 Å². The van der Waals surface area contributed by atoms with Crippen molar-refractivity contribution in [2.24, 2.45) is 5.84 Å². The number of hydrogen-bond donors (Lipinski definition) is 2. The minimum Gasteiger partial charge on any atom is -0.342 e. The van der Waals surface area contributed by atoms with Gasteiger partial charge in [-0.05, 0) is 39.0 Å². The smallest absolute Gasteiger partial charge is 0.275 e. The molecule has 2 heterocycles. The molecule has 3 rings (SSSR count). The van der Waals surface area contributed by atoms with E-state index in [1.807, 2.05) is 29.8 Å². The number of nitrogen functional groups attached to an aromatic ring is 1. The molecule has 4 nitrogen and oxygen atoms in total. The topological polar surface area (TPSA) is 60.0 Å². The highest BCUT2D eigenvalue weighted by Gasteiger charge is 2.14. The number of amides is 1. The van der Waals surface area contributed by atoms with Gasteiger partial charge in [0.15, 0.2) is 0 Å². The molecule has 0 aliphatic rings. The van der Waals surface area contributed by atoms with Crippen molar-refractivity contribution in [3.8, 4) is 0 Å². The molecular weight excluding hydrogens is 338 g/mol. The van der Waals surface area contributed by atoms with Gasteiger partial charge < -0.3 is 4.57 Å². The third-order valence-corrected chi connectivity index (χ3v) is 4.75. The number of carbonyl (C=O) groups excluding carboxylic acids is 1. The Morgan fingerprint density at radius 2 is 2.15 bits per heavy atom. The van der Waals surface area contributed by atoms with Crippen LogP contribution in [-0.4, -0.2) is 10.5 Å². The van der Waals surface area contributed by atoms with Crippen LogP contribution < -0.4 is 11.3 Å². The number of aromatic nitrogens is 1. The second-order valence-corrected chi connectivity index (χ2v) is 6.14. The molecule has 3 N–H and O–H groups in total. The number of thiophene rings is 1. The number of fused-ring (bicyclic) bond motifs is 1. The lowest BCUT2D eigenvalue weighted by Gasteiger charge is -2.06. The Morgan fingerprint density at radius 1 is 1.35 bits per heavy atom. The van der Waals surface area contributed by atoms with Crippen LogP contribution in [-0.2, 0) is 6.54 Å². The zero-order chi connectivity index (χ0) is 14.1. The molecule has 1 aromatic carbocycles. The van der Waals surface area contributed by atoms with Gasteiger partial charge in [0.05, 0.1) is 4.88 Å². The average molecular weight is 350 g/mol. The third-order valence-electron chi connectivity index (χ3n) is 3.16. The Bertz CT molecular complexity index is 778. The van der Waals surface area contributed by atoms with Gasteiger partial charge in [-0.15, -0.1) is 11.3 Å². The lowest BCUT2D eigenvalue weighted by molar-refractivity contribution is 0.0957. The zero-order valence-electron chi connectivity index (χ0n) is 10.5. The van der Waals surface area contributed by atoms with Gasteiger partial charge in [-0.3, -0.25) is 10.2 Å². The molecule has 0 saturated heterocycles. The predicted octanol–water partition coefficient (Wildman–Crippen LogP) is 3.12. The van der Waals surface area contributed by atoms with Crippen molar-refractivity contribution < 1.29 is 4.79 Å². The molecule has 0 atom stereocenters. The summed E-state index contributed by atoms with van der Waals surface area (Å²) < 4.78 is 3.17. The van der Waals surface area contributed by atoms with E-state index >= 15 is 0 Å². The fraction of sp³-hybridized carbons (Fsp3) is 0.0714. The van der Waals surface area contributed by atoms with Crippen LogP contribution in [0.3, 0.4) is 0 Å². The quantitative estimate of drug-likeness (QED) is 0.433. The molecule has 3 aromatic rings. The first-order valence-corrected chi connectivity index (χ1v) is 7.68. The maximum Gasteiger partial charge on any atom is 0.275 e. The molecule has 2 aromatic heterocycles. The van der Waals surface area contributed by atoms with E-state index in [0.717, 1.165) is 20.9 Å². The Hall–Kier alpha value is -1.63. The third kappa shape index (κ3) is 2.26. The van der Waals surface area contributed by atoms with E-state index < -0.39 is 0 Å². The van der Waals surface area contributed by atoms with Gasteiger partial charge in [0, 0.05) is 28.1 Å². The van der Waals surface area contributed by atoms with Gasteiger partial charge in [-0.1, -0.05) is 18.2 Å². The van der Waals surface area contributed by atoms with Gasteiger partial charge >= 0.3 is 0 Å². The summed E-state index contributed by atoms with van der Waals surface area (Å²) in [6.07, 6.45) is 2.03. The standard InChI is InChI=1S/C14H12BrN3OS/c15-11-8-18(12-4-2-1-3-10(11)12)7-9-5-6-20-13(9)14(19)17-16/h1-6,8H,7,16H2,(H,17,19). The SMILES string of the molecule is NNC(=O)c1sccc1Cn1cc(Br)c2ccccc21. The van der Waals surface area contributed by atoms with Gasteiger partial charge in [-0.2, -0.15) is 0 Å². The second-order valence-electron chi connectivity index (χ2n) is 4.37. The maximum atomic E-state index is 11.7. The van der Waals surface area contributed by atoms with E-state index in [1.165, 1.54) is 11.3 Å². The highest BCUT2D eigenvalue weighted by atomic mass is 79.9. The molecule has 0 aliphatic heterocycles. The number of benzene rings is 1. The summed E-state index contributed by atoms with van der Waals surface area (Å²) in [5, 5.41) is 3.06. The fourth-order valence-corrected chi connectivity index (χ4v) is 3.64. The number of nitrogens with two attached hydrogens (primary N) is 1. The molecule has 1 amide bonds. The van der Waals surface area contributed by atoms with E-state index in [9.17, 15) is 4.79 Å². The van der Waals surface area contributed by atoms with E-state index in [4.69, 9.17) is 5.84 Å². The number of nitrogens with one attached hydrogen (secondary N) is 1. The number of carbonyl (C=O) groups is 1. The highest BCUT2D eigenvalue weighted by molar-refractivity contribution is 9.10. The molecule has 6 heteroatoms. The molecule has 102 valence electrons. The normalized spacial score (nSPS) is 10.9. The van der Waals surface area contributed by atoms with Gasteiger partial charge in [0.1, 0.15) is 0 Å². The molecule has 0 radical (unpaired) electrons. The number of hydrazine groups is 1. The van der Waals surface area contributed by atoms with Crippen LogP contribution in [0, 0.1) is 0 Å². The number of nitrogens with zero attached hydrogens (tertiary/aromatic N) is 1. The van der Waals surface area contributed by atoms with Crippen molar-refractivity contribution in [2.45, 2.75) is 6.54 Å². The zero-order valence-corrected chi connectivity index (χ0v) is 12.9. The highest BCUT2D eigenvalue weighted by Crippen LogP contribution is 2.27. The van der Waals surface area contributed by atoms with Crippen LogP contribution in [0.4, 0.5) is 0 Å². The van der Waals surface area contributed by atoms with Crippen LogP contribution >= 0.6 is 27.3 Å². The van der Waals surface area contributed by atoms with Crippen LogP contribution in [0.2, 0.25) is 0 Å². The largest absolute Gasteiger partial charge is 0.342 e. The molecular formula is C14H12BrN3OS. The summed E-state index contributed by atoms with van der Waals surface area (Å²) in [6.45, 7) is 0.637. The minimum absolute atomic E-state index is 0.245. The number of para-hydroxylation sites is 1. The Kier molecular flexibility index (Phi) is 3.60. The van der Waals surface area contributed by atoms with Gasteiger partial charge in [0.2, 0.25) is 0 Å². The maximum absolute atomic E-state index is 11.7.